The standard InChI is InChI=1S/C30H27ClF3N3O3.2C30H30N2O4/c1-39-28-17-22(10-13-27(28)40-20-21-7-3-2-4-8-21)19-37(16-14-23-9-5-6-15-35-23)29(38)36-24-11-12-26(31)25(18-24)30(32,33)34;1-34-27-14-7-6-13-26(27)30(33)32(19-17-25-12-8-9-18-31-25)21-24-15-16-28(29(20-24)35-2)36-22-23-10-4-3-5-11-23;1-34-27-13-8-11-25(20-27)30(33)32(18-16-26-12-6-7-17-31-26)21-24-14-15-28(29(19-24)35-2)36-22-23-9-4-3-5-10-23/h2-13,15,17-18H,14,16,19-20H2,1H3,(H,36,38);3-16,18,20H,17,19,21-22H2,1-2H3;3-15,17,19-20H,16,18,21-22H2,1-2H3. The van der Waals surface area contributed by atoms with Crippen LogP contribution in [0.5, 0.6) is 46.0 Å². The second-order valence-electron chi connectivity index (χ2n) is 25.4. The molecule has 3 aromatic heterocycles. The van der Waals surface area contributed by atoms with Gasteiger partial charge in [0.05, 0.1) is 51.7 Å². The van der Waals surface area contributed by atoms with E-state index in [0.29, 0.717) is 122 Å². The van der Waals surface area contributed by atoms with Crippen molar-refractivity contribution in [2.45, 2.75) is 64.9 Å². The Morgan fingerprint density at radius 3 is 1.19 bits per heavy atom. The Morgan fingerprint density at radius 2 is 0.777 bits per heavy atom. The maximum atomic E-state index is 13.6. The van der Waals surface area contributed by atoms with Gasteiger partial charge in [-0.2, -0.15) is 13.2 Å². The lowest BCUT2D eigenvalue weighted by Gasteiger charge is -2.24. The molecule has 0 saturated carbocycles. The molecule has 4 amide bonds. The van der Waals surface area contributed by atoms with Gasteiger partial charge in [-0.1, -0.05) is 157 Å². The molecule has 112 heavy (non-hydrogen) atoms. The van der Waals surface area contributed by atoms with E-state index < -0.39 is 22.8 Å². The molecule has 3 heterocycles. The van der Waals surface area contributed by atoms with Crippen LogP contribution in [0.25, 0.3) is 0 Å². The Morgan fingerprint density at radius 1 is 0.375 bits per heavy atom. The van der Waals surface area contributed by atoms with Crippen LogP contribution in [0.1, 0.15) is 76.7 Å². The minimum Gasteiger partial charge on any atom is -0.497 e. The normalized spacial score (nSPS) is 10.7. The van der Waals surface area contributed by atoms with E-state index in [0.717, 1.165) is 62.6 Å². The Hall–Kier alpha value is -12.9. The number of benzene rings is 9. The zero-order valence-electron chi connectivity index (χ0n) is 62.8. The molecule has 0 aliphatic rings. The predicted molar refractivity (Wildman–Crippen MR) is 426 cm³/mol. The molecule has 576 valence electrons. The molecule has 18 nitrogen and oxygen atoms in total. The third-order valence-corrected chi connectivity index (χ3v) is 18.0. The van der Waals surface area contributed by atoms with Gasteiger partial charge in [0.2, 0.25) is 0 Å². The van der Waals surface area contributed by atoms with Gasteiger partial charge in [-0.25, -0.2) is 4.79 Å². The number of rotatable bonds is 32. The van der Waals surface area contributed by atoms with Gasteiger partial charge in [0.1, 0.15) is 31.3 Å². The maximum absolute atomic E-state index is 13.6. The predicted octanol–water partition coefficient (Wildman–Crippen LogP) is 18.7. The van der Waals surface area contributed by atoms with Crippen LogP contribution in [0, 0.1) is 0 Å². The van der Waals surface area contributed by atoms with Crippen molar-refractivity contribution < 1.29 is 65.4 Å². The number of aromatic nitrogens is 3. The molecule has 12 rings (SSSR count). The van der Waals surface area contributed by atoms with Gasteiger partial charge in [0, 0.05) is 105 Å². The van der Waals surface area contributed by atoms with Crippen LogP contribution >= 0.6 is 11.6 Å². The summed E-state index contributed by atoms with van der Waals surface area (Å²) in [6, 6.07) is 80.8. The summed E-state index contributed by atoms with van der Waals surface area (Å²) < 4.78 is 85.4. The summed E-state index contributed by atoms with van der Waals surface area (Å²) in [4.78, 5) is 58.6. The van der Waals surface area contributed by atoms with Crippen molar-refractivity contribution in [1.29, 1.82) is 0 Å². The lowest BCUT2D eigenvalue weighted by molar-refractivity contribution is -0.137. The second kappa shape index (κ2) is 42.2. The van der Waals surface area contributed by atoms with Crippen LogP contribution in [0.3, 0.4) is 0 Å². The van der Waals surface area contributed by atoms with Crippen molar-refractivity contribution in [2.24, 2.45) is 0 Å². The second-order valence-corrected chi connectivity index (χ2v) is 25.8. The first-order chi connectivity index (χ1) is 54.6. The smallest absolute Gasteiger partial charge is 0.417 e. The van der Waals surface area contributed by atoms with E-state index in [1.807, 2.05) is 216 Å². The van der Waals surface area contributed by atoms with E-state index in [1.165, 1.54) is 18.1 Å². The van der Waals surface area contributed by atoms with E-state index in [2.05, 4.69) is 20.3 Å². The number of alkyl halides is 3. The van der Waals surface area contributed by atoms with Crippen LogP contribution in [-0.2, 0) is 64.9 Å². The highest BCUT2D eigenvalue weighted by molar-refractivity contribution is 6.31. The summed E-state index contributed by atoms with van der Waals surface area (Å²) in [6.45, 7) is 3.50. The molecule has 0 spiro atoms. The van der Waals surface area contributed by atoms with E-state index in [9.17, 15) is 27.6 Å². The Kier molecular flexibility index (Phi) is 30.7. The third kappa shape index (κ3) is 24.8. The number of hydrogen-bond donors (Lipinski definition) is 1. The number of para-hydroxylation sites is 1. The molecule has 9 aromatic carbocycles. The molecule has 0 aliphatic carbocycles. The molecule has 0 atom stereocenters. The summed E-state index contributed by atoms with van der Waals surface area (Å²) in [5, 5.41) is 2.12. The summed E-state index contributed by atoms with van der Waals surface area (Å²) in [7, 11) is 7.93. The highest BCUT2D eigenvalue weighted by Crippen LogP contribution is 2.38. The number of anilines is 1. The van der Waals surface area contributed by atoms with Crippen molar-refractivity contribution in [3.05, 3.63) is 358 Å². The highest BCUT2D eigenvalue weighted by atomic mass is 35.5. The molecule has 1 N–H and O–H groups in total. The Balaban J connectivity index is 0.000000179. The number of urea groups is 1. The monoisotopic (exact) mass is 1530 g/mol. The SMILES string of the molecule is COc1cc(CN(CCc2ccccn2)C(=O)Nc2ccc(Cl)c(C(F)(F)F)c2)ccc1OCc1ccccc1.COc1cc(CN(CCc2ccccn2)C(=O)c2ccccc2OC)ccc1OCc1ccccc1.COc1cccc(C(=O)N(CCc2ccccn2)Cc2ccc(OCc3ccccc3)c(OC)c2)c1. The molecule has 0 bridgehead atoms. The number of carbonyl (C=O) groups excluding carboxylic acids is 3. The maximum Gasteiger partial charge on any atom is 0.417 e. The first-order valence-corrected chi connectivity index (χ1v) is 36.4. The lowest BCUT2D eigenvalue weighted by atomic mass is 10.1. The van der Waals surface area contributed by atoms with E-state index in [4.69, 9.17) is 49.5 Å². The molecule has 0 unspecified atom stereocenters. The fourth-order valence-corrected chi connectivity index (χ4v) is 12.0. The van der Waals surface area contributed by atoms with Gasteiger partial charge < -0.3 is 57.9 Å². The minimum absolute atomic E-state index is 0.0215. The number of carbonyl (C=O) groups is 3. The first kappa shape index (κ1) is 81.6. The number of methoxy groups -OCH3 is 5. The number of nitrogens with one attached hydrogen (secondary N) is 1. The van der Waals surface area contributed by atoms with Crippen LogP contribution in [-0.4, -0.2) is 103 Å². The highest BCUT2D eigenvalue weighted by Gasteiger charge is 2.34. The van der Waals surface area contributed by atoms with Gasteiger partial charge >= 0.3 is 12.2 Å². The third-order valence-electron chi connectivity index (χ3n) is 17.6. The Labute approximate surface area is 655 Å². The number of hydrogen-bond acceptors (Lipinski definition) is 14. The topological polar surface area (TPSA) is 185 Å². The molecule has 0 fully saturated rings. The quantitative estimate of drug-likeness (QED) is 0.0420. The zero-order chi connectivity index (χ0) is 78.9. The molecular formula is C90H87ClF3N7O11. The van der Waals surface area contributed by atoms with Crippen molar-refractivity contribution in [1.82, 2.24) is 29.7 Å². The van der Waals surface area contributed by atoms with Crippen molar-refractivity contribution >= 4 is 35.1 Å². The molecule has 22 heteroatoms. The summed E-state index contributed by atoms with van der Waals surface area (Å²) >= 11 is 5.73. The van der Waals surface area contributed by atoms with Gasteiger partial charge in [-0.15, -0.1) is 0 Å². The fourth-order valence-electron chi connectivity index (χ4n) is 11.8. The van der Waals surface area contributed by atoms with E-state index in [-0.39, 0.29) is 30.6 Å². The average Bonchev–Trinajstić information content (AvgIpc) is 0.829. The van der Waals surface area contributed by atoms with Crippen LogP contribution < -0.4 is 43.2 Å². The average molecular weight is 1540 g/mol. The summed E-state index contributed by atoms with van der Waals surface area (Å²) in [6.07, 6.45) is 2.26. The van der Waals surface area contributed by atoms with E-state index >= 15 is 0 Å². The summed E-state index contributed by atoms with van der Waals surface area (Å²) in [5.41, 5.74) is 8.46. The van der Waals surface area contributed by atoms with Crippen molar-refractivity contribution in [2.75, 3.05) is 60.5 Å². The van der Waals surface area contributed by atoms with Crippen molar-refractivity contribution in [3.63, 3.8) is 0 Å². The number of amides is 4. The van der Waals surface area contributed by atoms with Crippen LogP contribution in [0.2, 0.25) is 5.02 Å². The van der Waals surface area contributed by atoms with Gasteiger partial charge in [0.25, 0.3) is 11.8 Å². The molecule has 0 saturated heterocycles. The Bertz CT molecular complexity index is 4930. The minimum atomic E-state index is -4.66. The number of nitrogens with zero attached hydrogens (tertiary/aromatic N) is 6. The van der Waals surface area contributed by atoms with Gasteiger partial charge in [0.15, 0.2) is 34.5 Å². The number of ether oxygens (including phenoxy) is 8. The zero-order valence-corrected chi connectivity index (χ0v) is 63.6. The fraction of sp³-hybridized carbons (Fsp3) is 0.200. The first-order valence-electron chi connectivity index (χ1n) is 36.1. The molecule has 0 radical (unpaired) electrons. The molecular weight excluding hydrogens is 1450 g/mol. The van der Waals surface area contributed by atoms with Crippen molar-refractivity contribution in [3.8, 4) is 46.0 Å². The number of halogens is 4. The van der Waals surface area contributed by atoms with E-state index in [1.54, 1.807) is 89.5 Å². The molecule has 0 aliphatic heterocycles. The number of pyridine rings is 3. The van der Waals surface area contributed by atoms with Crippen LogP contribution in [0.15, 0.2) is 286 Å². The van der Waals surface area contributed by atoms with Gasteiger partial charge in [-0.05, 0) is 155 Å². The van der Waals surface area contributed by atoms with Gasteiger partial charge in [-0.3, -0.25) is 24.5 Å². The summed E-state index contributed by atoms with van der Waals surface area (Å²) in [5.74, 6) is 4.61. The van der Waals surface area contributed by atoms with Crippen LogP contribution in [0.4, 0.5) is 23.7 Å². The largest absolute Gasteiger partial charge is 0.497 e. The lowest BCUT2D eigenvalue weighted by Crippen LogP contribution is -2.36. The molecule has 12 aromatic rings.